The predicted octanol–water partition coefficient (Wildman–Crippen LogP) is 1.73. The van der Waals surface area contributed by atoms with Crippen LogP contribution in [0.25, 0.3) is 11.4 Å². The number of phenolic OH excluding ortho intramolecular Hbond substituents is 1. The molecule has 0 unspecified atom stereocenters. The predicted molar refractivity (Wildman–Crippen MR) is 51.0 cm³/mol. The molecule has 1 aromatic carbocycles. The smallest absolute Gasteiger partial charge is 0.170 e. The van der Waals surface area contributed by atoms with Gasteiger partial charge < -0.3 is 10.1 Å². The number of aldehydes is 1. The Labute approximate surface area is 84.4 Å². The van der Waals surface area contributed by atoms with Gasteiger partial charge in [0.2, 0.25) is 0 Å². The first-order valence-corrected chi connectivity index (χ1v) is 4.20. The molecule has 0 saturated heterocycles. The number of aromatic amines is 1. The van der Waals surface area contributed by atoms with Gasteiger partial charge in [-0.25, -0.2) is 9.37 Å². The minimum atomic E-state index is -0.480. The second-order valence-corrected chi connectivity index (χ2v) is 2.95. The summed E-state index contributed by atoms with van der Waals surface area (Å²) in [5, 5.41) is 9.46. The zero-order chi connectivity index (χ0) is 10.8. The van der Waals surface area contributed by atoms with Crippen LogP contribution < -0.4 is 0 Å². The summed E-state index contributed by atoms with van der Waals surface area (Å²) >= 11 is 0. The van der Waals surface area contributed by atoms with E-state index in [1.165, 1.54) is 12.3 Å². The van der Waals surface area contributed by atoms with Crippen LogP contribution in [0.3, 0.4) is 0 Å². The zero-order valence-electron chi connectivity index (χ0n) is 7.57. The van der Waals surface area contributed by atoms with Crippen LogP contribution in [0.5, 0.6) is 5.75 Å². The second-order valence-electron chi connectivity index (χ2n) is 2.95. The number of halogens is 1. The number of hydrogen-bond acceptors (Lipinski definition) is 3. The van der Waals surface area contributed by atoms with Gasteiger partial charge in [-0.3, -0.25) is 4.79 Å². The van der Waals surface area contributed by atoms with E-state index in [0.29, 0.717) is 6.29 Å². The number of aromatic nitrogens is 2. The Balaban J connectivity index is 2.52. The summed E-state index contributed by atoms with van der Waals surface area (Å²) < 4.78 is 12.9. The van der Waals surface area contributed by atoms with E-state index < -0.39 is 5.82 Å². The standard InChI is InChI=1S/C10H7FN2O2/c11-6-1-2-9(15)8(3-6)10-12-4-7(5-14)13-10/h1-5,15H,(H,12,13). The van der Waals surface area contributed by atoms with E-state index in [1.807, 2.05) is 0 Å². The quantitative estimate of drug-likeness (QED) is 0.735. The molecule has 0 radical (unpaired) electrons. The van der Waals surface area contributed by atoms with Crippen LogP contribution in [-0.2, 0) is 0 Å². The maximum absolute atomic E-state index is 12.9. The Kier molecular flexibility index (Phi) is 2.21. The molecule has 0 spiro atoms. The number of hydrogen-bond donors (Lipinski definition) is 2. The third-order valence-corrected chi connectivity index (χ3v) is 1.93. The van der Waals surface area contributed by atoms with Crippen LogP contribution >= 0.6 is 0 Å². The average molecular weight is 206 g/mol. The number of phenols is 1. The number of carbonyl (C=O) groups is 1. The van der Waals surface area contributed by atoms with E-state index in [0.717, 1.165) is 12.1 Å². The largest absolute Gasteiger partial charge is 0.507 e. The van der Waals surface area contributed by atoms with E-state index in [-0.39, 0.29) is 22.8 Å². The Bertz CT molecular complexity index is 508. The highest BCUT2D eigenvalue weighted by molar-refractivity contribution is 5.74. The van der Waals surface area contributed by atoms with E-state index in [4.69, 9.17) is 0 Å². The van der Waals surface area contributed by atoms with Crippen molar-refractivity contribution in [3.8, 4) is 17.1 Å². The first-order chi connectivity index (χ1) is 7.20. The van der Waals surface area contributed by atoms with Crippen molar-refractivity contribution < 1.29 is 14.3 Å². The van der Waals surface area contributed by atoms with Crippen molar-refractivity contribution in [1.82, 2.24) is 9.97 Å². The van der Waals surface area contributed by atoms with Crippen molar-refractivity contribution in [2.75, 3.05) is 0 Å². The Morgan fingerprint density at radius 1 is 1.47 bits per heavy atom. The van der Waals surface area contributed by atoms with E-state index >= 15 is 0 Å². The molecule has 0 aliphatic rings. The van der Waals surface area contributed by atoms with Crippen LogP contribution in [0.4, 0.5) is 4.39 Å². The third kappa shape index (κ3) is 1.71. The van der Waals surface area contributed by atoms with Crippen molar-refractivity contribution in [3.05, 3.63) is 35.9 Å². The Morgan fingerprint density at radius 2 is 2.27 bits per heavy atom. The molecule has 2 rings (SSSR count). The lowest BCUT2D eigenvalue weighted by molar-refractivity contribution is 0.111. The molecule has 0 aliphatic carbocycles. The number of H-pyrrole nitrogens is 1. The van der Waals surface area contributed by atoms with E-state index in [1.54, 1.807) is 0 Å². The lowest BCUT2D eigenvalue weighted by Crippen LogP contribution is -1.84. The van der Waals surface area contributed by atoms with Crippen LogP contribution in [0.2, 0.25) is 0 Å². The van der Waals surface area contributed by atoms with Gasteiger partial charge >= 0.3 is 0 Å². The summed E-state index contributed by atoms with van der Waals surface area (Å²) in [5.41, 5.74) is 0.428. The van der Waals surface area contributed by atoms with Gasteiger partial charge in [0.25, 0.3) is 0 Å². The van der Waals surface area contributed by atoms with Crippen LogP contribution in [0.15, 0.2) is 24.4 Å². The van der Waals surface area contributed by atoms with Crippen molar-refractivity contribution in [2.45, 2.75) is 0 Å². The molecule has 76 valence electrons. The normalized spacial score (nSPS) is 10.2. The molecule has 2 aromatic rings. The molecular formula is C10H7FN2O2. The molecule has 0 saturated carbocycles. The highest BCUT2D eigenvalue weighted by atomic mass is 19.1. The summed E-state index contributed by atoms with van der Waals surface area (Å²) in [5.74, 6) is -0.316. The van der Waals surface area contributed by atoms with Crippen LogP contribution in [-0.4, -0.2) is 21.4 Å². The van der Waals surface area contributed by atoms with Crippen LogP contribution in [0.1, 0.15) is 10.5 Å². The number of benzene rings is 1. The summed E-state index contributed by atoms with van der Waals surface area (Å²) in [4.78, 5) is 16.9. The molecule has 0 amide bonds. The molecule has 0 aliphatic heterocycles. The van der Waals surface area contributed by atoms with Gasteiger partial charge in [0.15, 0.2) is 6.29 Å². The molecule has 1 heterocycles. The van der Waals surface area contributed by atoms with E-state index in [2.05, 4.69) is 9.97 Å². The fourth-order valence-electron chi connectivity index (χ4n) is 1.23. The SMILES string of the molecule is O=Cc1c[nH]c(-c2cc(F)ccc2O)n1. The number of nitrogens with one attached hydrogen (secondary N) is 1. The van der Waals surface area contributed by atoms with Gasteiger partial charge in [0.1, 0.15) is 23.1 Å². The van der Waals surface area contributed by atoms with Gasteiger partial charge in [-0.05, 0) is 18.2 Å². The van der Waals surface area contributed by atoms with Crippen molar-refractivity contribution in [3.63, 3.8) is 0 Å². The molecule has 4 nitrogen and oxygen atoms in total. The molecule has 2 N–H and O–H groups in total. The number of nitrogens with zero attached hydrogens (tertiary/aromatic N) is 1. The molecule has 0 fully saturated rings. The Hall–Kier alpha value is -2.17. The number of aromatic hydroxyl groups is 1. The molecule has 0 bridgehead atoms. The average Bonchev–Trinajstić information content (AvgIpc) is 2.70. The summed E-state index contributed by atoms with van der Waals surface area (Å²) in [6.07, 6.45) is 1.95. The minimum Gasteiger partial charge on any atom is -0.507 e. The molecular weight excluding hydrogens is 199 g/mol. The van der Waals surface area contributed by atoms with Crippen molar-refractivity contribution in [2.24, 2.45) is 0 Å². The summed E-state index contributed by atoms with van der Waals surface area (Å²) in [6, 6.07) is 3.51. The highest BCUT2D eigenvalue weighted by Gasteiger charge is 2.09. The zero-order valence-corrected chi connectivity index (χ0v) is 7.57. The van der Waals surface area contributed by atoms with Gasteiger partial charge in [0, 0.05) is 6.20 Å². The molecule has 1 aromatic heterocycles. The first kappa shape index (κ1) is 9.39. The maximum atomic E-state index is 12.9. The number of imidazole rings is 1. The van der Waals surface area contributed by atoms with Crippen molar-refractivity contribution in [1.29, 1.82) is 0 Å². The first-order valence-electron chi connectivity index (χ1n) is 4.20. The molecule has 15 heavy (non-hydrogen) atoms. The van der Waals surface area contributed by atoms with Gasteiger partial charge in [-0.2, -0.15) is 0 Å². The maximum Gasteiger partial charge on any atom is 0.170 e. The van der Waals surface area contributed by atoms with Gasteiger partial charge in [-0.1, -0.05) is 0 Å². The summed E-state index contributed by atoms with van der Waals surface area (Å²) in [6.45, 7) is 0. The lowest BCUT2D eigenvalue weighted by Gasteiger charge is -2.00. The summed E-state index contributed by atoms with van der Waals surface area (Å²) in [7, 11) is 0. The Morgan fingerprint density at radius 3 is 2.93 bits per heavy atom. The minimum absolute atomic E-state index is 0.0943. The molecule has 5 heteroatoms. The number of rotatable bonds is 2. The van der Waals surface area contributed by atoms with Crippen molar-refractivity contribution >= 4 is 6.29 Å². The van der Waals surface area contributed by atoms with Gasteiger partial charge in [0.05, 0.1) is 5.56 Å². The van der Waals surface area contributed by atoms with Gasteiger partial charge in [-0.15, -0.1) is 0 Å². The molecule has 0 atom stereocenters. The third-order valence-electron chi connectivity index (χ3n) is 1.93. The van der Waals surface area contributed by atoms with E-state index in [9.17, 15) is 14.3 Å². The van der Waals surface area contributed by atoms with Crippen LogP contribution in [0, 0.1) is 5.82 Å². The second kappa shape index (κ2) is 3.53. The monoisotopic (exact) mass is 206 g/mol. The lowest BCUT2D eigenvalue weighted by atomic mass is 10.2. The topological polar surface area (TPSA) is 66.0 Å². The highest BCUT2D eigenvalue weighted by Crippen LogP contribution is 2.26. The fourth-order valence-corrected chi connectivity index (χ4v) is 1.23. The number of carbonyl (C=O) groups excluding carboxylic acids is 1. The fraction of sp³-hybridized carbons (Fsp3) is 0.